The van der Waals surface area contributed by atoms with Gasteiger partial charge >= 0.3 is 5.97 Å². The zero-order valence-electron chi connectivity index (χ0n) is 22.3. The van der Waals surface area contributed by atoms with Crippen molar-refractivity contribution in [3.8, 4) is 11.1 Å². The Kier molecular flexibility index (Phi) is 6.81. The number of halogens is 1. The largest absolute Gasteiger partial charge is 0.478 e. The van der Waals surface area contributed by atoms with E-state index in [0.717, 1.165) is 44.2 Å². The molecule has 2 N–H and O–H groups in total. The minimum atomic E-state index is -0.993. The van der Waals surface area contributed by atoms with Crippen molar-refractivity contribution >= 4 is 28.2 Å². The van der Waals surface area contributed by atoms with Gasteiger partial charge in [-0.2, -0.15) is 0 Å². The predicted octanol–water partition coefficient (Wildman–Crippen LogP) is 7.68. The molecular weight excluding hydrogens is 515 g/mol. The van der Waals surface area contributed by atoms with Gasteiger partial charge in [-0.1, -0.05) is 66.7 Å². The number of aromatic carboxylic acids is 1. The van der Waals surface area contributed by atoms with Crippen LogP contribution in [0.2, 0.25) is 0 Å². The molecule has 0 radical (unpaired) electrons. The molecule has 6 heteroatoms. The molecule has 0 spiro atoms. The van der Waals surface area contributed by atoms with Crippen LogP contribution in [0.15, 0.2) is 115 Å². The Morgan fingerprint density at radius 2 is 1.54 bits per heavy atom. The summed E-state index contributed by atoms with van der Waals surface area (Å²) in [7, 11) is 0. The average molecular weight is 543 g/mol. The first-order valence-electron chi connectivity index (χ1n) is 13.4. The van der Waals surface area contributed by atoms with Crippen LogP contribution in [-0.4, -0.2) is 21.4 Å². The van der Waals surface area contributed by atoms with Crippen molar-refractivity contribution in [2.24, 2.45) is 0 Å². The molecule has 4 aromatic carbocycles. The fraction of sp³-hybridized carbons (Fsp3) is 0.0857. The molecule has 0 bridgehead atoms. The van der Waals surface area contributed by atoms with E-state index in [4.69, 9.17) is 0 Å². The summed E-state index contributed by atoms with van der Waals surface area (Å²) in [6, 6.07) is 34.8. The highest BCUT2D eigenvalue weighted by Gasteiger charge is 2.19. The number of amides is 1. The van der Waals surface area contributed by atoms with Gasteiger partial charge in [-0.15, -0.1) is 0 Å². The number of pyridine rings is 1. The molecule has 41 heavy (non-hydrogen) atoms. The van der Waals surface area contributed by atoms with Crippen molar-refractivity contribution in [2.75, 3.05) is 0 Å². The van der Waals surface area contributed by atoms with E-state index in [1.165, 1.54) is 24.3 Å². The van der Waals surface area contributed by atoms with Gasteiger partial charge in [0.1, 0.15) is 11.5 Å². The maximum Gasteiger partial charge on any atom is 0.335 e. The third-order valence-corrected chi connectivity index (χ3v) is 7.43. The Morgan fingerprint density at radius 1 is 0.805 bits per heavy atom. The number of hydrogen-bond acceptors (Lipinski definition) is 2. The Balaban J connectivity index is 1.38. The molecule has 0 saturated carbocycles. The summed E-state index contributed by atoms with van der Waals surface area (Å²) >= 11 is 0. The Morgan fingerprint density at radius 3 is 2.29 bits per heavy atom. The third-order valence-electron chi connectivity index (χ3n) is 7.43. The maximum atomic E-state index is 13.8. The molecule has 1 atom stereocenters. The van der Waals surface area contributed by atoms with Gasteiger partial charge in [-0.3, -0.25) is 4.79 Å². The highest BCUT2D eigenvalue weighted by Crippen LogP contribution is 2.27. The monoisotopic (exact) mass is 542 g/mol. The van der Waals surface area contributed by atoms with Gasteiger partial charge in [0.05, 0.1) is 11.6 Å². The summed E-state index contributed by atoms with van der Waals surface area (Å²) in [5.74, 6) is -1.50. The van der Waals surface area contributed by atoms with Crippen LogP contribution < -0.4 is 5.32 Å². The zero-order chi connectivity index (χ0) is 28.5. The van der Waals surface area contributed by atoms with E-state index in [1.807, 2.05) is 72.0 Å². The van der Waals surface area contributed by atoms with Crippen molar-refractivity contribution in [1.82, 2.24) is 9.72 Å². The van der Waals surface area contributed by atoms with Gasteiger partial charge in [0.2, 0.25) is 0 Å². The fourth-order valence-corrected chi connectivity index (χ4v) is 5.27. The number of carboxylic acids is 1. The number of carbonyl (C=O) groups is 2. The molecule has 0 unspecified atom stereocenters. The Hall–Kier alpha value is -5.23. The lowest BCUT2D eigenvalue weighted by Gasteiger charge is -2.18. The molecule has 2 aromatic heterocycles. The van der Waals surface area contributed by atoms with Crippen molar-refractivity contribution < 1.29 is 19.1 Å². The van der Waals surface area contributed by atoms with E-state index in [1.54, 1.807) is 18.2 Å². The maximum absolute atomic E-state index is 13.8. The van der Waals surface area contributed by atoms with E-state index >= 15 is 0 Å². The van der Waals surface area contributed by atoms with Gasteiger partial charge in [0, 0.05) is 17.6 Å². The number of carboxylic acid groups (broad SMARTS) is 1. The third kappa shape index (κ3) is 5.32. The van der Waals surface area contributed by atoms with E-state index < -0.39 is 5.97 Å². The van der Waals surface area contributed by atoms with Gasteiger partial charge in [0.15, 0.2) is 0 Å². The molecule has 2 heterocycles. The summed E-state index contributed by atoms with van der Waals surface area (Å²) in [4.78, 5) is 25.1. The molecular formula is C35H27FN2O3. The SMILES string of the molecule is C[C@H](NC(=O)c1cc(-c2ccccc2)cc2ccc(Cc3ccc4cc(F)ccc4c3)n12)c1ccc(C(=O)O)cc1. The van der Waals surface area contributed by atoms with E-state index in [-0.39, 0.29) is 23.3 Å². The number of benzene rings is 4. The topological polar surface area (TPSA) is 70.8 Å². The van der Waals surface area contributed by atoms with Crippen LogP contribution in [0.3, 0.4) is 0 Å². The normalized spacial score (nSPS) is 12.0. The molecule has 0 aliphatic heterocycles. The summed E-state index contributed by atoms with van der Waals surface area (Å²) in [5, 5.41) is 14.1. The second kappa shape index (κ2) is 10.7. The number of carbonyl (C=O) groups excluding carboxylic acids is 1. The second-order valence-corrected chi connectivity index (χ2v) is 10.2. The fourth-order valence-electron chi connectivity index (χ4n) is 5.27. The molecule has 6 rings (SSSR count). The summed E-state index contributed by atoms with van der Waals surface area (Å²) in [5.41, 5.74) is 6.33. The van der Waals surface area contributed by atoms with E-state index in [2.05, 4.69) is 17.4 Å². The highest BCUT2D eigenvalue weighted by atomic mass is 19.1. The van der Waals surface area contributed by atoms with Gasteiger partial charge in [0.25, 0.3) is 5.91 Å². The standard InChI is InChI=1S/C35H27FN2O3/c1-22(24-9-11-26(12-10-24)35(40)41)37-34(39)33-21-29(25-5-3-2-4-6-25)20-32-16-15-31(38(32)33)18-23-7-8-28-19-30(36)14-13-27(28)17-23/h2-17,19-22H,18H2,1H3,(H,37,39)(H,40,41)/t22-/m0/s1. The minimum Gasteiger partial charge on any atom is -0.478 e. The molecule has 202 valence electrons. The first-order chi connectivity index (χ1) is 19.9. The molecule has 1 amide bonds. The lowest BCUT2D eigenvalue weighted by Crippen LogP contribution is -2.28. The molecule has 5 nitrogen and oxygen atoms in total. The van der Waals surface area contributed by atoms with Crippen LogP contribution in [-0.2, 0) is 6.42 Å². The van der Waals surface area contributed by atoms with Crippen LogP contribution in [0.4, 0.5) is 4.39 Å². The van der Waals surface area contributed by atoms with Crippen LogP contribution in [0.5, 0.6) is 0 Å². The van der Waals surface area contributed by atoms with E-state index in [9.17, 15) is 19.1 Å². The van der Waals surface area contributed by atoms with Crippen molar-refractivity contribution in [3.05, 3.63) is 149 Å². The van der Waals surface area contributed by atoms with E-state index in [0.29, 0.717) is 12.1 Å². The lowest BCUT2D eigenvalue weighted by molar-refractivity contribution is 0.0696. The molecule has 0 saturated heterocycles. The Labute approximate surface area is 236 Å². The molecule has 0 fully saturated rings. The number of aromatic nitrogens is 1. The summed E-state index contributed by atoms with van der Waals surface area (Å²) < 4.78 is 15.7. The van der Waals surface area contributed by atoms with Crippen molar-refractivity contribution in [1.29, 1.82) is 0 Å². The smallest absolute Gasteiger partial charge is 0.335 e. The molecule has 6 aromatic rings. The molecule has 0 aliphatic carbocycles. The van der Waals surface area contributed by atoms with Gasteiger partial charge in [-0.25, -0.2) is 9.18 Å². The van der Waals surface area contributed by atoms with Crippen LogP contribution in [0, 0.1) is 5.82 Å². The lowest BCUT2D eigenvalue weighted by atomic mass is 10.0. The summed E-state index contributed by atoms with van der Waals surface area (Å²) in [6.45, 7) is 1.88. The van der Waals surface area contributed by atoms with Crippen LogP contribution in [0.25, 0.3) is 27.4 Å². The van der Waals surface area contributed by atoms with Crippen LogP contribution in [0.1, 0.15) is 50.6 Å². The van der Waals surface area contributed by atoms with Crippen molar-refractivity contribution in [2.45, 2.75) is 19.4 Å². The zero-order valence-corrected chi connectivity index (χ0v) is 22.3. The first kappa shape index (κ1) is 26.0. The highest BCUT2D eigenvalue weighted by molar-refractivity contribution is 5.96. The number of rotatable bonds is 7. The number of fused-ring (bicyclic) bond motifs is 2. The van der Waals surface area contributed by atoms with Gasteiger partial charge < -0.3 is 14.8 Å². The summed E-state index contributed by atoms with van der Waals surface area (Å²) in [6.07, 6.45) is 0.582. The second-order valence-electron chi connectivity index (χ2n) is 10.2. The predicted molar refractivity (Wildman–Crippen MR) is 159 cm³/mol. The van der Waals surface area contributed by atoms with Crippen LogP contribution >= 0.6 is 0 Å². The molecule has 0 aliphatic rings. The average Bonchev–Trinajstić information content (AvgIpc) is 3.39. The number of nitrogens with one attached hydrogen (secondary N) is 1. The minimum absolute atomic E-state index is 0.195. The first-order valence-corrected chi connectivity index (χ1v) is 13.4. The van der Waals surface area contributed by atoms with Crippen molar-refractivity contribution in [3.63, 3.8) is 0 Å². The Bertz CT molecular complexity index is 1910. The number of hydrogen-bond donors (Lipinski definition) is 2. The van der Waals surface area contributed by atoms with Gasteiger partial charge in [-0.05, 0) is 88.5 Å². The number of nitrogens with zero attached hydrogens (tertiary/aromatic N) is 1. The quantitative estimate of drug-likeness (QED) is 0.217.